The first-order chi connectivity index (χ1) is 11.2. The maximum Gasteiger partial charge on any atom is 0.360 e. The molecule has 2 aromatic rings. The van der Waals surface area contributed by atoms with Crippen LogP contribution in [0.2, 0.25) is 0 Å². The second kappa shape index (κ2) is 6.84. The average molecular weight is 386 g/mol. The van der Waals surface area contributed by atoms with Gasteiger partial charge in [0.1, 0.15) is 4.90 Å². The Morgan fingerprint density at radius 3 is 2.71 bits per heavy atom. The van der Waals surface area contributed by atoms with Crippen molar-refractivity contribution in [1.29, 1.82) is 0 Å². The Morgan fingerprint density at radius 2 is 2.17 bits per heavy atom. The monoisotopic (exact) mass is 386 g/mol. The topological polar surface area (TPSA) is 103 Å². The molecule has 24 heavy (non-hydrogen) atoms. The number of terminal acetylenes is 1. The Balaban J connectivity index is 2.34. The van der Waals surface area contributed by atoms with Gasteiger partial charge < -0.3 is 0 Å². The highest BCUT2D eigenvalue weighted by molar-refractivity contribution is 7.99. The molecule has 1 N–H and O–H groups in total. The molecule has 0 fully saturated rings. The van der Waals surface area contributed by atoms with Crippen molar-refractivity contribution >= 4 is 39.2 Å². The van der Waals surface area contributed by atoms with Crippen LogP contribution < -0.4 is 10.4 Å². The standard InChI is InChI=1S/C13H14N4O4S3/c1-5-6-22-12-14-17(13(19)16(12)4)11(18)15-24(20,21)10-8(2)7-23-9(10)3/h1,7H,6H2,2-4H3,(H,15,18). The first-order valence-corrected chi connectivity index (χ1v) is 9.88. The third kappa shape index (κ3) is 3.40. The number of nitrogens with zero attached hydrogens (tertiary/aromatic N) is 3. The zero-order chi connectivity index (χ0) is 18.1. The van der Waals surface area contributed by atoms with Crippen molar-refractivity contribution in [1.82, 2.24) is 19.1 Å². The largest absolute Gasteiger partial charge is 0.360 e. The molecule has 0 bridgehead atoms. The lowest BCUT2D eigenvalue weighted by Gasteiger charge is -2.06. The van der Waals surface area contributed by atoms with E-state index >= 15 is 0 Å². The van der Waals surface area contributed by atoms with E-state index in [0.717, 1.165) is 16.3 Å². The summed E-state index contributed by atoms with van der Waals surface area (Å²) >= 11 is 2.35. The van der Waals surface area contributed by atoms with Crippen molar-refractivity contribution in [3.05, 3.63) is 26.3 Å². The summed E-state index contributed by atoms with van der Waals surface area (Å²) in [4.78, 5) is 24.8. The first-order valence-electron chi connectivity index (χ1n) is 6.53. The van der Waals surface area contributed by atoms with Crippen LogP contribution in [0.5, 0.6) is 0 Å². The highest BCUT2D eigenvalue weighted by Crippen LogP contribution is 2.25. The van der Waals surface area contributed by atoms with E-state index in [1.807, 2.05) is 4.72 Å². The minimum Gasteiger partial charge on any atom is -0.273 e. The molecule has 0 saturated carbocycles. The number of thioether (sulfide) groups is 1. The second-order valence-electron chi connectivity index (χ2n) is 4.74. The van der Waals surface area contributed by atoms with Crippen LogP contribution in [0.3, 0.4) is 0 Å². The maximum atomic E-state index is 12.4. The minimum atomic E-state index is -4.10. The number of thiophene rings is 1. The molecule has 0 atom stereocenters. The summed E-state index contributed by atoms with van der Waals surface area (Å²) in [6, 6.07) is -1.15. The van der Waals surface area contributed by atoms with Gasteiger partial charge in [-0.1, -0.05) is 17.7 Å². The Kier molecular flexibility index (Phi) is 5.22. The van der Waals surface area contributed by atoms with E-state index in [4.69, 9.17) is 6.42 Å². The molecule has 8 nitrogen and oxygen atoms in total. The molecule has 0 aliphatic rings. The predicted molar refractivity (Wildman–Crippen MR) is 91.9 cm³/mol. The Labute approximate surface area is 146 Å². The van der Waals surface area contributed by atoms with Crippen molar-refractivity contribution < 1.29 is 13.2 Å². The Morgan fingerprint density at radius 1 is 1.50 bits per heavy atom. The van der Waals surface area contributed by atoms with Crippen molar-refractivity contribution in [2.75, 3.05) is 5.75 Å². The van der Waals surface area contributed by atoms with Gasteiger partial charge in [-0.2, -0.15) is 0 Å². The van der Waals surface area contributed by atoms with E-state index in [2.05, 4.69) is 11.0 Å². The highest BCUT2D eigenvalue weighted by Gasteiger charge is 2.26. The second-order valence-corrected chi connectivity index (χ2v) is 8.39. The van der Waals surface area contributed by atoms with Crippen molar-refractivity contribution in [3.63, 3.8) is 0 Å². The Hall–Kier alpha value is -2.03. The van der Waals surface area contributed by atoms with E-state index in [1.165, 1.54) is 18.4 Å². The smallest absolute Gasteiger partial charge is 0.273 e. The summed E-state index contributed by atoms with van der Waals surface area (Å²) in [6.07, 6.45) is 5.15. The van der Waals surface area contributed by atoms with Crippen LogP contribution in [0.4, 0.5) is 4.79 Å². The van der Waals surface area contributed by atoms with Gasteiger partial charge in [-0.05, 0) is 24.8 Å². The number of carbonyl (C=O) groups excluding carboxylic acids is 1. The molecule has 128 valence electrons. The third-order valence-corrected chi connectivity index (χ3v) is 6.69. The lowest BCUT2D eigenvalue weighted by molar-refractivity contribution is 0.243. The van der Waals surface area contributed by atoms with Gasteiger partial charge in [-0.25, -0.2) is 22.7 Å². The highest BCUT2D eigenvalue weighted by atomic mass is 32.2. The van der Waals surface area contributed by atoms with Crippen LogP contribution in [0, 0.1) is 26.2 Å². The number of aryl methyl sites for hydroxylation is 2. The Bertz CT molecular complexity index is 972. The van der Waals surface area contributed by atoms with Crippen LogP contribution in [0.1, 0.15) is 10.4 Å². The molecule has 2 aromatic heterocycles. The molecule has 0 spiro atoms. The number of sulfonamides is 1. The zero-order valence-corrected chi connectivity index (χ0v) is 15.5. The van der Waals surface area contributed by atoms with Gasteiger partial charge in [0, 0.05) is 11.9 Å². The average Bonchev–Trinajstić information content (AvgIpc) is 2.98. The number of hydrogen-bond acceptors (Lipinski definition) is 7. The van der Waals surface area contributed by atoms with E-state index in [0.29, 0.717) is 15.1 Å². The molecule has 2 rings (SSSR count). The molecular weight excluding hydrogens is 372 g/mol. The molecule has 11 heteroatoms. The molecule has 0 unspecified atom stereocenters. The number of carbonyl (C=O) groups is 1. The van der Waals surface area contributed by atoms with E-state index in [-0.39, 0.29) is 15.8 Å². The third-order valence-electron chi connectivity index (χ3n) is 3.00. The van der Waals surface area contributed by atoms with Crippen LogP contribution in [0.15, 0.2) is 20.2 Å². The molecule has 0 saturated heterocycles. The fourth-order valence-corrected chi connectivity index (χ4v) is 5.15. The lowest BCUT2D eigenvalue weighted by Crippen LogP contribution is -2.40. The summed E-state index contributed by atoms with van der Waals surface area (Å²) in [5, 5.41) is 5.71. The molecule has 0 aromatic carbocycles. The van der Waals surface area contributed by atoms with Crippen LogP contribution in [0.25, 0.3) is 0 Å². The summed E-state index contributed by atoms with van der Waals surface area (Å²) in [7, 11) is -2.68. The molecule has 0 radical (unpaired) electrons. The van der Waals surface area contributed by atoms with Gasteiger partial charge in [-0.15, -0.1) is 27.5 Å². The lowest BCUT2D eigenvalue weighted by atomic mass is 10.3. The summed E-state index contributed by atoms with van der Waals surface area (Å²) in [5.74, 6) is 2.64. The van der Waals surface area contributed by atoms with Gasteiger partial charge in [0.05, 0.1) is 5.75 Å². The van der Waals surface area contributed by atoms with Gasteiger partial charge in [-0.3, -0.25) is 4.57 Å². The molecule has 2 heterocycles. The summed E-state index contributed by atoms with van der Waals surface area (Å²) < 4.78 is 28.2. The summed E-state index contributed by atoms with van der Waals surface area (Å²) in [5.41, 5.74) is -0.239. The van der Waals surface area contributed by atoms with E-state index in [9.17, 15) is 18.0 Å². The first kappa shape index (κ1) is 18.3. The van der Waals surface area contributed by atoms with Crippen LogP contribution >= 0.6 is 23.1 Å². The molecule has 0 aliphatic heterocycles. The zero-order valence-electron chi connectivity index (χ0n) is 13.1. The fourth-order valence-electron chi connectivity index (χ4n) is 1.96. The number of hydrogen-bond donors (Lipinski definition) is 1. The molecular formula is C13H14N4O4S3. The predicted octanol–water partition coefficient (Wildman–Crippen LogP) is 0.932. The van der Waals surface area contributed by atoms with Gasteiger partial charge in [0.2, 0.25) is 0 Å². The minimum absolute atomic E-state index is 0.0340. The maximum absolute atomic E-state index is 12.4. The van der Waals surface area contributed by atoms with Crippen LogP contribution in [-0.4, -0.2) is 34.5 Å². The number of rotatable bonds is 4. The van der Waals surface area contributed by atoms with Crippen LogP contribution in [-0.2, 0) is 17.1 Å². The SMILES string of the molecule is C#CCSc1nn(C(=O)NS(=O)(=O)c2c(C)csc2C)c(=O)n1C. The molecule has 1 amide bonds. The summed E-state index contributed by atoms with van der Waals surface area (Å²) in [6.45, 7) is 3.27. The number of aromatic nitrogens is 3. The van der Waals surface area contributed by atoms with E-state index in [1.54, 1.807) is 19.2 Å². The van der Waals surface area contributed by atoms with E-state index < -0.39 is 21.7 Å². The quantitative estimate of drug-likeness (QED) is 0.619. The van der Waals surface area contributed by atoms with Gasteiger partial charge in [0.25, 0.3) is 10.0 Å². The van der Waals surface area contributed by atoms with Crippen molar-refractivity contribution in [2.45, 2.75) is 23.9 Å². The van der Waals surface area contributed by atoms with Gasteiger partial charge >= 0.3 is 11.7 Å². The molecule has 0 aliphatic carbocycles. The normalized spacial score (nSPS) is 11.2. The van der Waals surface area contributed by atoms with Crippen molar-refractivity contribution in [2.24, 2.45) is 7.05 Å². The van der Waals surface area contributed by atoms with Gasteiger partial charge in [0.15, 0.2) is 5.16 Å². The number of amides is 1. The van der Waals surface area contributed by atoms with Crippen molar-refractivity contribution in [3.8, 4) is 12.3 Å². The number of nitrogens with one attached hydrogen (secondary N) is 1. The fraction of sp³-hybridized carbons (Fsp3) is 0.308.